The van der Waals surface area contributed by atoms with Gasteiger partial charge in [0.1, 0.15) is 4.99 Å². The molecule has 0 atom stereocenters. The van der Waals surface area contributed by atoms with Crippen molar-refractivity contribution in [1.29, 1.82) is 0 Å². The number of hydrogen-bond acceptors (Lipinski definition) is 1. The molecule has 15 heavy (non-hydrogen) atoms. The predicted octanol–water partition coefficient (Wildman–Crippen LogP) is 3.02. The second kappa shape index (κ2) is 4.79. The number of rotatable bonds is 2. The Bertz CT molecular complexity index is 335. The SMILES string of the molecule is NC(=S)c1cccn1C1CCCCCC1. The summed E-state index contributed by atoms with van der Waals surface area (Å²) in [5.74, 6) is 0. The van der Waals surface area contributed by atoms with E-state index < -0.39 is 0 Å². The average Bonchev–Trinajstić information content (AvgIpc) is 2.55. The number of hydrogen-bond donors (Lipinski definition) is 1. The lowest BCUT2D eigenvalue weighted by molar-refractivity contribution is 0.443. The highest BCUT2D eigenvalue weighted by Crippen LogP contribution is 2.28. The van der Waals surface area contributed by atoms with Crippen molar-refractivity contribution in [2.45, 2.75) is 44.6 Å². The van der Waals surface area contributed by atoms with Crippen LogP contribution in [0.3, 0.4) is 0 Å². The lowest BCUT2D eigenvalue weighted by Gasteiger charge is -2.19. The van der Waals surface area contributed by atoms with Crippen LogP contribution in [0.5, 0.6) is 0 Å². The van der Waals surface area contributed by atoms with Crippen molar-refractivity contribution in [1.82, 2.24) is 4.57 Å². The van der Waals surface area contributed by atoms with E-state index in [2.05, 4.69) is 10.8 Å². The van der Waals surface area contributed by atoms with Crippen LogP contribution >= 0.6 is 12.2 Å². The highest BCUT2D eigenvalue weighted by atomic mass is 32.1. The molecular formula is C12H18N2S. The highest BCUT2D eigenvalue weighted by Gasteiger charge is 2.16. The van der Waals surface area contributed by atoms with Gasteiger partial charge in [-0.25, -0.2) is 0 Å². The maximum Gasteiger partial charge on any atom is 0.120 e. The van der Waals surface area contributed by atoms with Crippen LogP contribution in [-0.2, 0) is 0 Å². The number of aromatic nitrogens is 1. The first-order valence-corrected chi connectivity index (χ1v) is 6.16. The average molecular weight is 222 g/mol. The van der Waals surface area contributed by atoms with Gasteiger partial charge in [0, 0.05) is 12.2 Å². The Morgan fingerprint density at radius 3 is 2.53 bits per heavy atom. The van der Waals surface area contributed by atoms with Gasteiger partial charge < -0.3 is 10.3 Å². The van der Waals surface area contributed by atoms with Gasteiger partial charge in [-0.15, -0.1) is 0 Å². The standard InChI is InChI=1S/C12H18N2S/c13-12(15)11-8-5-9-14(11)10-6-3-1-2-4-7-10/h5,8-10H,1-4,6-7H2,(H2,13,15). The molecule has 2 rings (SSSR count). The minimum atomic E-state index is 0.518. The zero-order valence-electron chi connectivity index (χ0n) is 8.98. The van der Waals surface area contributed by atoms with Crippen LogP contribution in [0.4, 0.5) is 0 Å². The highest BCUT2D eigenvalue weighted by molar-refractivity contribution is 7.80. The molecule has 0 unspecified atom stereocenters. The van der Waals surface area contributed by atoms with Crippen LogP contribution in [0.15, 0.2) is 18.3 Å². The molecule has 1 aromatic heterocycles. The van der Waals surface area contributed by atoms with Gasteiger partial charge in [0.2, 0.25) is 0 Å². The zero-order valence-corrected chi connectivity index (χ0v) is 9.80. The molecule has 3 heteroatoms. The van der Waals surface area contributed by atoms with E-state index in [9.17, 15) is 0 Å². The van der Waals surface area contributed by atoms with Crippen LogP contribution < -0.4 is 5.73 Å². The Kier molecular flexibility index (Phi) is 3.41. The minimum Gasteiger partial charge on any atom is -0.388 e. The van der Waals surface area contributed by atoms with Crippen molar-refractivity contribution in [2.75, 3.05) is 0 Å². The lowest BCUT2D eigenvalue weighted by atomic mass is 10.1. The third kappa shape index (κ3) is 2.40. The van der Waals surface area contributed by atoms with Crippen LogP contribution in [0, 0.1) is 0 Å². The first-order chi connectivity index (χ1) is 7.29. The van der Waals surface area contributed by atoms with Gasteiger partial charge in [0.25, 0.3) is 0 Å². The Labute approximate surface area is 96.5 Å². The van der Waals surface area contributed by atoms with E-state index in [0.29, 0.717) is 11.0 Å². The second-order valence-corrected chi connectivity index (χ2v) is 4.75. The summed E-state index contributed by atoms with van der Waals surface area (Å²) in [7, 11) is 0. The molecule has 1 aromatic rings. The third-order valence-electron chi connectivity index (χ3n) is 3.25. The fourth-order valence-corrected chi connectivity index (χ4v) is 2.63. The second-order valence-electron chi connectivity index (χ2n) is 4.31. The largest absolute Gasteiger partial charge is 0.388 e. The molecule has 1 aliphatic carbocycles. The quantitative estimate of drug-likeness (QED) is 0.616. The maximum atomic E-state index is 5.72. The van der Waals surface area contributed by atoms with E-state index in [-0.39, 0.29) is 0 Å². The first-order valence-electron chi connectivity index (χ1n) is 5.75. The van der Waals surface area contributed by atoms with E-state index in [1.54, 1.807) is 0 Å². The van der Waals surface area contributed by atoms with Crippen molar-refractivity contribution in [3.05, 3.63) is 24.0 Å². The van der Waals surface area contributed by atoms with Crippen molar-refractivity contribution in [3.63, 3.8) is 0 Å². The van der Waals surface area contributed by atoms with Gasteiger partial charge in [-0.05, 0) is 25.0 Å². The monoisotopic (exact) mass is 222 g/mol. The molecule has 1 fully saturated rings. The minimum absolute atomic E-state index is 0.518. The molecule has 82 valence electrons. The van der Waals surface area contributed by atoms with E-state index in [4.69, 9.17) is 18.0 Å². The maximum absolute atomic E-state index is 5.72. The normalized spacial score (nSPS) is 18.7. The number of nitrogens with zero attached hydrogens (tertiary/aromatic N) is 1. The van der Waals surface area contributed by atoms with Crippen LogP contribution in [0.1, 0.15) is 50.3 Å². The van der Waals surface area contributed by atoms with Crippen molar-refractivity contribution < 1.29 is 0 Å². The molecule has 0 saturated heterocycles. The zero-order chi connectivity index (χ0) is 10.7. The van der Waals surface area contributed by atoms with Gasteiger partial charge in [-0.2, -0.15) is 0 Å². The van der Waals surface area contributed by atoms with Gasteiger partial charge in [-0.3, -0.25) is 0 Å². The number of thiocarbonyl (C=S) groups is 1. The summed E-state index contributed by atoms with van der Waals surface area (Å²) >= 11 is 5.06. The van der Waals surface area contributed by atoms with Gasteiger partial charge in [0.05, 0.1) is 5.69 Å². The van der Waals surface area contributed by atoms with Gasteiger partial charge in [-0.1, -0.05) is 37.9 Å². The van der Waals surface area contributed by atoms with E-state index in [0.717, 1.165) is 5.69 Å². The molecule has 2 N–H and O–H groups in total. The van der Waals surface area contributed by atoms with E-state index in [1.165, 1.54) is 38.5 Å². The molecule has 1 aliphatic rings. The molecule has 0 aliphatic heterocycles. The topological polar surface area (TPSA) is 30.9 Å². The van der Waals surface area contributed by atoms with Crippen molar-refractivity contribution in [2.24, 2.45) is 5.73 Å². The lowest BCUT2D eigenvalue weighted by Crippen LogP contribution is -2.18. The first kappa shape index (κ1) is 10.7. The Morgan fingerprint density at radius 1 is 1.27 bits per heavy atom. The Morgan fingerprint density at radius 2 is 1.93 bits per heavy atom. The number of nitrogens with two attached hydrogens (primary N) is 1. The smallest absolute Gasteiger partial charge is 0.120 e. The Hall–Kier alpha value is -0.830. The van der Waals surface area contributed by atoms with E-state index >= 15 is 0 Å². The Balaban J connectivity index is 2.19. The van der Waals surface area contributed by atoms with Crippen LogP contribution in [0.25, 0.3) is 0 Å². The summed E-state index contributed by atoms with van der Waals surface area (Å²) in [5, 5.41) is 0. The summed E-state index contributed by atoms with van der Waals surface area (Å²) < 4.78 is 2.27. The van der Waals surface area contributed by atoms with Crippen LogP contribution in [-0.4, -0.2) is 9.56 Å². The molecule has 1 saturated carbocycles. The van der Waals surface area contributed by atoms with Gasteiger partial charge in [0.15, 0.2) is 0 Å². The summed E-state index contributed by atoms with van der Waals surface area (Å²) in [6.45, 7) is 0. The van der Waals surface area contributed by atoms with Crippen molar-refractivity contribution in [3.8, 4) is 0 Å². The molecule has 1 heterocycles. The molecule has 0 bridgehead atoms. The van der Waals surface area contributed by atoms with Crippen LogP contribution in [0.2, 0.25) is 0 Å². The van der Waals surface area contributed by atoms with Gasteiger partial charge >= 0.3 is 0 Å². The van der Waals surface area contributed by atoms with E-state index in [1.807, 2.05) is 12.1 Å². The fourth-order valence-electron chi connectivity index (χ4n) is 2.46. The summed E-state index contributed by atoms with van der Waals surface area (Å²) in [6, 6.07) is 4.67. The predicted molar refractivity (Wildman–Crippen MR) is 67.1 cm³/mol. The molecule has 0 spiro atoms. The molecule has 0 amide bonds. The molecular weight excluding hydrogens is 204 g/mol. The molecule has 2 nitrogen and oxygen atoms in total. The summed E-state index contributed by atoms with van der Waals surface area (Å²) in [5.41, 5.74) is 6.74. The third-order valence-corrected chi connectivity index (χ3v) is 3.46. The summed E-state index contributed by atoms with van der Waals surface area (Å²) in [6.07, 6.45) is 10.1. The molecule has 0 aromatic carbocycles. The summed E-state index contributed by atoms with van der Waals surface area (Å²) in [4.78, 5) is 0.518. The molecule has 0 radical (unpaired) electrons. The fraction of sp³-hybridized carbons (Fsp3) is 0.583. The van der Waals surface area contributed by atoms with Crippen molar-refractivity contribution >= 4 is 17.2 Å².